The van der Waals surface area contributed by atoms with Gasteiger partial charge in [0.05, 0.1) is 0 Å². The van der Waals surface area contributed by atoms with E-state index in [1.54, 1.807) is 6.07 Å². The number of hydrogen-bond acceptors (Lipinski definition) is 0. The maximum Gasteiger partial charge on any atom is 0.0452 e. The van der Waals surface area contributed by atoms with Gasteiger partial charge in [-0.2, -0.15) is 0 Å². The molecule has 2 aromatic rings. The van der Waals surface area contributed by atoms with Gasteiger partial charge in [0.15, 0.2) is 0 Å². The molecule has 0 aromatic heterocycles. The molecule has 0 N–H and O–H groups in total. The summed E-state index contributed by atoms with van der Waals surface area (Å²) in [6.45, 7) is 0. The maximum atomic E-state index is 6.21. The van der Waals surface area contributed by atoms with Gasteiger partial charge in [0.2, 0.25) is 0 Å². The molecule has 0 aliphatic heterocycles. The summed E-state index contributed by atoms with van der Waals surface area (Å²) in [6.07, 6.45) is 1.74. The van der Waals surface area contributed by atoms with Crippen LogP contribution < -0.4 is 0 Å². The standard InChI is InChI=1S/C16H14Cl4/c17-10-12(7-11-1-4-14(18)5-2-11)8-13-3-6-15(19)9-16(13)20/h1-6,9,12H,7-8,10H2. The second-order valence-corrected chi connectivity index (χ2v) is 6.38. The Labute approximate surface area is 139 Å². The Bertz CT molecular complexity index is 563. The molecule has 1 unspecified atom stereocenters. The monoisotopic (exact) mass is 346 g/mol. The van der Waals surface area contributed by atoms with Crippen molar-refractivity contribution in [2.45, 2.75) is 12.8 Å². The van der Waals surface area contributed by atoms with Crippen LogP contribution in [0, 0.1) is 5.92 Å². The fourth-order valence-corrected chi connectivity index (χ4v) is 2.96. The zero-order valence-corrected chi connectivity index (χ0v) is 13.8. The van der Waals surface area contributed by atoms with Gasteiger partial charge in [0.1, 0.15) is 0 Å². The van der Waals surface area contributed by atoms with Crippen molar-refractivity contribution in [1.29, 1.82) is 0 Å². The Kier molecular flexibility index (Phi) is 6.04. The van der Waals surface area contributed by atoms with Crippen LogP contribution in [0.2, 0.25) is 15.1 Å². The Balaban J connectivity index is 2.07. The minimum Gasteiger partial charge on any atom is -0.126 e. The fraction of sp³-hybridized carbons (Fsp3) is 0.250. The molecule has 0 nitrogen and oxygen atoms in total. The van der Waals surface area contributed by atoms with Gasteiger partial charge >= 0.3 is 0 Å². The molecular weight excluding hydrogens is 334 g/mol. The third-order valence-electron chi connectivity index (χ3n) is 3.18. The van der Waals surface area contributed by atoms with Crippen molar-refractivity contribution >= 4 is 46.4 Å². The molecular formula is C16H14Cl4. The first kappa shape index (κ1) is 16.0. The predicted molar refractivity (Wildman–Crippen MR) is 89.5 cm³/mol. The van der Waals surface area contributed by atoms with E-state index in [2.05, 4.69) is 0 Å². The molecule has 0 saturated heterocycles. The molecule has 2 aromatic carbocycles. The van der Waals surface area contributed by atoms with Gasteiger partial charge in [-0.3, -0.25) is 0 Å². The third kappa shape index (κ3) is 4.56. The smallest absolute Gasteiger partial charge is 0.0452 e. The van der Waals surface area contributed by atoms with Crippen LogP contribution in [0.4, 0.5) is 0 Å². The predicted octanol–water partition coefficient (Wildman–Crippen LogP) is 6.29. The Hall–Kier alpha value is -0.400. The molecule has 0 bridgehead atoms. The molecule has 1 atom stereocenters. The summed E-state index contributed by atoms with van der Waals surface area (Å²) in [5.74, 6) is 0.915. The summed E-state index contributed by atoms with van der Waals surface area (Å²) >= 11 is 24.1. The quantitative estimate of drug-likeness (QED) is 0.557. The molecule has 0 fully saturated rings. The van der Waals surface area contributed by atoms with Crippen LogP contribution in [-0.4, -0.2) is 5.88 Å². The van der Waals surface area contributed by atoms with Crippen molar-refractivity contribution in [3.8, 4) is 0 Å². The van der Waals surface area contributed by atoms with Crippen molar-refractivity contribution in [2.75, 3.05) is 5.88 Å². The topological polar surface area (TPSA) is 0 Å². The average Bonchev–Trinajstić information content (AvgIpc) is 2.43. The van der Waals surface area contributed by atoms with Crippen LogP contribution >= 0.6 is 46.4 Å². The largest absolute Gasteiger partial charge is 0.126 e. The minimum atomic E-state index is 0.330. The van der Waals surface area contributed by atoms with Crippen molar-refractivity contribution < 1.29 is 0 Å². The first-order valence-corrected chi connectivity index (χ1v) is 7.99. The molecule has 2 rings (SSSR count). The van der Waals surface area contributed by atoms with Gasteiger partial charge < -0.3 is 0 Å². The van der Waals surface area contributed by atoms with Crippen molar-refractivity contribution in [3.05, 3.63) is 68.7 Å². The molecule has 0 aliphatic carbocycles. The van der Waals surface area contributed by atoms with Crippen LogP contribution in [0.25, 0.3) is 0 Å². The van der Waals surface area contributed by atoms with E-state index in [1.807, 2.05) is 36.4 Å². The van der Waals surface area contributed by atoms with E-state index in [-0.39, 0.29) is 0 Å². The lowest BCUT2D eigenvalue weighted by Crippen LogP contribution is -2.10. The summed E-state index contributed by atoms with van der Waals surface area (Å²) in [7, 11) is 0. The first-order chi connectivity index (χ1) is 9.58. The van der Waals surface area contributed by atoms with E-state index in [9.17, 15) is 0 Å². The molecule has 0 spiro atoms. The van der Waals surface area contributed by atoms with Crippen LogP contribution in [0.3, 0.4) is 0 Å². The Morgan fingerprint density at radius 1 is 0.800 bits per heavy atom. The lowest BCUT2D eigenvalue weighted by atomic mass is 9.94. The molecule has 106 valence electrons. The van der Waals surface area contributed by atoms with E-state index in [1.165, 1.54) is 5.56 Å². The van der Waals surface area contributed by atoms with E-state index in [0.29, 0.717) is 21.8 Å². The van der Waals surface area contributed by atoms with Crippen LogP contribution in [0.5, 0.6) is 0 Å². The number of alkyl halides is 1. The van der Waals surface area contributed by atoms with Crippen molar-refractivity contribution in [2.24, 2.45) is 5.92 Å². The van der Waals surface area contributed by atoms with Crippen LogP contribution in [-0.2, 0) is 12.8 Å². The first-order valence-electron chi connectivity index (χ1n) is 6.33. The van der Waals surface area contributed by atoms with E-state index < -0.39 is 0 Å². The molecule has 0 aliphatic rings. The van der Waals surface area contributed by atoms with Gasteiger partial charge in [0.25, 0.3) is 0 Å². The minimum absolute atomic E-state index is 0.330. The summed E-state index contributed by atoms with van der Waals surface area (Å²) in [5.41, 5.74) is 2.31. The summed E-state index contributed by atoms with van der Waals surface area (Å²) in [4.78, 5) is 0. The van der Waals surface area contributed by atoms with Gasteiger partial charge in [-0.25, -0.2) is 0 Å². The zero-order valence-electron chi connectivity index (χ0n) is 10.8. The van der Waals surface area contributed by atoms with E-state index in [0.717, 1.165) is 23.4 Å². The molecule has 0 amide bonds. The SMILES string of the molecule is ClCC(Cc1ccc(Cl)cc1)Cc1ccc(Cl)cc1Cl. The van der Waals surface area contributed by atoms with Gasteiger partial charge in [-0.15, -0.1) is 11.6 Å². The third-order valence-corrected chi connectivity index (χ3v) is 4.45. The second kappa shape index (κ2) is 7.56. The number of rotatable bonds is 5. The van der Waals surface area contributed by atoms with E-state index >= 15 is 0 Å². The molecule has 4 heteroatoms. The Morgan fingerprint density at radius 3 is 2.05 bits per heavy atom. The zero-order chi connectivity index (χ0) is 14.5. The highest BCUT2D eigenvalue weighted by atomic mass is 35.5. The van der Waals surface area contributed by atoms with Crippen LogP contribution in [0.15, 0.2) is 42.5 Å². The summed E-state index contributed by atoms with van der Waals surface area (Å²) in [6, 6.07) is 13.5. The lowest BCUT2D eigenvalue weighted by Gasteiger charge is -2.15. The summed E-state index contributed by atoms with van der Waals surface area (Å²) < 4.78 is 0. The van der Waals surface area contributed by atoms with Gasteiger partial charge in [0, 0.05) is 20.9 Å². The molecule has 0 heterocycles. The van der Waals surface area contributed by atoms with Gasteiger partial charge in [-0.05, 0) is 54.2 Å². The average molecular weight is 348 g/mol. The Morgan fingerprint density at radius 2 is 1.45 bits per heavy atom. The normalized spacial score (nSPS) is 12.4. The van der Waals surface area contributed by atoms with Crippen LogP contribution in [0.1, 0.15) is 11.1 Å². The second-order valence-electron chi connectivity index (χ2n) is 4.79. The molecule has 20 heavy (non-hydrogen) atoms. The summed E-state index contributed by atoms with van der Waals surface area (Å²) in [5, 5.41) is 2.10. The van der Waals surface area contributed by atoms with Gasteiger partial charge in [-0.1, -0.05) is 53.0 Å². The van der Waals surface area contributed by atoms with Crippen molar-refractivity contribution in [3.63, 3.8) is 0 Å². The molecule has 0 radical (unpaired) electrons. The lowest BCUT2D eigenvalue weighted by molar-refractivity contribution is 0.584. The fourth-order valence-electron chi connectivity index (χ4n) is 2.13. The number of hydrogen-bond donors (Lipinski definition) is 0. The highest BCUT2D eigenvalue weighted by Gasteiger charge is 2.12. The number of benzene rings is 2. The van der Waals surface area contributed by atoms with E-state index in [4.69, 9.17) is 46.4 Å². The highest BCUT2D eigenvalue weighted by Crippen LogP contribution is 2.25. The van der Waals surface area contributed by atoms with Crippen molar-refractivity contribution in [1.82, 2.24) is 0 Å². The molecule has 0 saturated carbocycles. The number of halogens is 4. The highest BCUT2D eigenvalue weighted by molar-refractivity contribution is 6.35. The maximum absolute atomic E-state index is 6.21.